The molecule has 1 heterocycles. The lowest BCUT2D eigenvalue weighted by Gasteiger charge is -2.27. The normalized spacial score (nSPS) is 11.7. The van der Waals surface area contributed by atoms with Crippen molar-refractivity contribution in [3.8, 4) is 0 Å². The van der Waals surface area contributed by atoms with E-state index in [0.29, 0.717) is 12.3 Å². The molecule has 0 aliphatic heterocycles. The van der Waals surface area contributed by atoms with E-state index in [9.17, 15) is 9.59 Å². The third-order valence-electron chi connectivity index (χ3n) is 4.03. The fourth-order valence-electron chi connectivity index (χ4n) is 2.81. The van der Waals surface area contributed by atoms with Crippen LogP contribution in [0, 0.1) is 13.8 Å². The molecule has 2 rings (SSSR count). The Morgan fingerprint density at radius 3 is 2.46 bits per heavy atom. The second-order valence-corrected chi connectivity index (χ2v) is 6.33. The maximum Gasteiger partial charge on any atom is 0.233 e. The molecule has 0 saturated carbocycles. The van der Waals surface area contributed by atoms with Crippen molar-refractivity contribution in [3.63, 3.8) is 0 Å². The number of hydrogen-bond donors (Lipinski definition) is 1. The first kappa shape index (κ1) is 19.6. The number of anilines is 1. The van der Waals surface area contributed by atoms with Gasteiger partial charge in [0.1, 0.15) is 6.42 Å². The Morgan fingerprint density at radius 2 is 1.88 bits per heavy atom. The summed E-state index contributed by atoms with van der Waals surface area (Å²) < 4.78 is 5.22. The van der Waals surface area contributed by atoms with E-state index in [1.807, 2.05) is 50.2 Å². The first-order chi connectivity index (χ1) is 12.4. The Hall–Kier alpha value is -2.73. The molecule has 0 bridgehead atoms. The number of methoxy groups -OCH3 is 1. The van der Waals surface area contributed by atoms with Crippen molar-refractivity contribution in [2.24, 2.45) is 0 Å². The van der Waals surface area contributed by atoms with Gasteiger partial charge in [-0.25, -0.2) is 0 Å². The zero-order chi connectivity index (χ0) is 19.1. The highest BCUT2D eigenvalue weighted by Crippen LogP contribution is 2.19. The van der Waals surface area contributed by atoms with Crippen LogP contribution in [0.1, 0.15) is 29.3 Å². The molecular formula is C20H25N3O3. The molecule has 1 aromatic heterocycles. The van der Waals surface area contributed by atoms with Crippen LogP contribution < -0.4 is 5.32 Å². The molecule has 0 fully saturated rings. The summed E-state index contributed by atoms with van der Waals surface area (Å²) in [6, 6.07) is 10.9. The number of carbonyl (C=O) groups excluding carboxylic acids is 2. The summed E-state index contributed by atoms with van der Waals surface area (Å²) in [6.45, 7) is 4.23. The summed E-state index contributed by atoms with van der Waals surface area (Å²) >= 11 is 0. The molecule has 0 saturated heterocycles. The maximum atomic E-state index is 12.5. The molecule has 0 aliphatic carbocycles. The Balaban J connectivity index is 2.03. The number of aryl methyl sites for hydroxylation is 2. The summed E-state index contributed by atoms with van der Waals surface area (Å²) in [4.78, 5) is 30.6. The Kier molecular flexibility index (Phi) is 6.86. The molecule has 6 nitrogen and oxygen atoms in total. The van der Waals surface area contributed by atoms with Gasteiger partial charge in [0.05, 0.1) is 18.3 Å². The van der Waals surface area contributed by atoms with Crippen LogP contribution in [0.4, 0.5) is 5.69 Å². The highest BCUT2D eigenvalue weighted by molar-refractivity contribution is 6.03. The molecule has 1 N–H and O–H groups in total. The van der Waals surface area contributed by atoms with Gasteiger partial charge in [0, 0.05) is 26.0 Å². The van der Waals surface area contributed by atoms with E-state index in [1.165, 1.54) is 4.90 Å². The van der Waals surface area contributed by atoms with Gasteiger partial charge in [0.2, 0.25) is 11.8 Å². The molecule has 6 heteroatoms. The van der Waals surface area contributed by atoms with Crippen LogP contribution in [0.3, 0.4) is 0 Å². The van der Waals surface area contributed by atoms with E-state index in [0.717, 1.165) is 16.8 Å². The summed E-state index contributed by atoms with van der Waals surface area (Å²) in [5.41, 5.74) is 3.53. The van der Waals surface area contributed by atoms with Gasteiger partial charge >= 0.3 is 0 Å². The molecule has 1 atom stereocenters. The van der Waals surface area contributed by atoms with Gasteiger partial charge in [-0.3, -0.25) is 14.6 Å². The van der Waals surface area contributed by atoms with Gasteiger partial charge in [-0.05, 0) is 49.2 Å². The predicted molar refractivity (Wildman–Crippen MR) is 101 cm³/mol. The van der Waals surface area contributed by atoms with Crippen LogP contribution in [0.25, 0.3) is 0 Å². The summed E-state index contributed by atoms with van der Waals surface area (Å²) in [6.07, 6.45) is 1.43. The van der Waals surface area contributed by atoms with Crippen LogP contribution >= 0.6 is 0 Å². The van der Waals surface area contributed by atoms with E-state index in [1.54, 1.807) is 20.4 Å². The molecule has 0 spiro atoms. The second-order valence-electron chi connectivity index (χ2n) is 6.33. The summed E-state index contributed by atoms with van der Waals surface area (Å²) in [7, 11) is 3.23. The lowest BCUT2D eigenvalue weighted by atomic mass is 10.1. The minimum Gasteiger partial charge on any atom is -0.382 e. The van der Waals surface area contributed by atoms with Crippen LogP contribution in [0.2, 0.25) is 0 Å². The lowest BCUT2D eigenvalue weighted by Crippen LogP contribution is -2.36. The largest absolute Gasteiger partial charge is 0.382 e. The van der Waals surface area contributed by atoms with Crippen molar-refractivity contribution in [1.82, 2.24) is 9.88 Å². The van der Waals surface area contributed by atoms with Gasteiger partial charge in [-0.2, -0.15) is 0 Å². The minimum atomic E-state index is -0.345. The average Bonchev–Trinajstić information content (AvgIpc) is 2.58. The Morgan fingerprint density at radius 1 is 1.19 bits per heavy atom. The number of carbonyl (C=O) groups is 2. The van der Waals surface area contributed by atoms with Crippen molar-refractivity contribution >= 4 is 17.5 Å². The van der Waals surface area contributed by atoms with E-state index >= 15 is 0 Å². The zero-order valence-corrected chi connectivity index (χ0v) is 15.7. The number of likely N-dealkylation sites (N-methyl/N-ethyl adjacent to an activating group) is 1. The number of aromatic nitrogens is 1. The maximum absolute atomic E-state index is 12.5. The lowest BCUT2D eigenvalue weighted by molar-refractivity contribution is -0.136. The number of rotatable bonds is 7. The van der Waals surface area contributed by atoms with Crippen molar-refractivity contribution < 1.29 is 14.3 Å². The molecule has 1 aromatic carbocycles. The standard InChI is InChI=1S/C20H25N3O3/c1-14-9-15(2)11-16(10-14)22-19(24)12-20(25)23(3)18(13-26-4)17-7-5-6-8-21-17/h5-11,18H,12-13H2,1-4H3,(H,22,24)/t18-/m1/s1. The van der Waals surface area contributed by atoms with Gasteiger partial charge in [0.15, 0.2) is 0 Å². The van der Waals surface area contributed by atoms with E-state index in [2.05, 4.69) is 10.3 Å². The van der Waals surface area contributed by atoms with Crippen LogP contribution in [0.5, 0.6) is 0 Å². The third-order valence-corrected chi connectivity index (χ3v) is 4.03. The quantitative estimate of drug-likeness (QED) is 0.775. The van der Waals surface area contributed by atoms with E-state index in [-0.39, 0.29) is 24.3 Å². The molecule has 0 unspecified atom stereocenters. The molecule has 0 radical (unpaired) electrons. The predicted octanol–water partition coefficient (Wildman–Crippen LogP) is 2.87. The second kappa shape index (κ2) is 9.10. The van der Waals surface area contributed by atoms with Crippen molar-refractivity contribution in [1.29, 1.82) is 0 Å². The van der Waals surface area contributed by atoms with Gasteiger partial charge in [-0.15, -0.1) is 0 Å². The molecule has 2 amide bonds. The zero-order valence-electron chi connectivity index (χ0n) is 15.7. The number of nitrogens with one attached hydrogen (secondary N) is 1. The number of amides is 2. The Labute approximate surface area is 154 Å². The average molecular weight is 355 g/mol. The summed E-state index contributed by atoms with van der Waals surface area (Å²) in [5.74, 6) is -0.636. The van der Waals surface area contributed by atoms with Gasteiger partial charge in [0.25, 0.3) is 0 Å². The van der Waals surface area contributed by atoms with Gasteiger partial charge < -0.3 is 15.0 Å². The van der Waals surface area contributed by atoms with Crippen molar-refractivity contribution in [2.45, 2.75) is 26.3 Å². The van der Waals surface area contributed by atoms with E-state index in [4.69, 9.17) is 4.74 Å². The van der Waals surface area contributed by atoms with E-state index < -0.39 is 0 Å². The number of benzene rings is 1. The monoisotopic (exact) mass is 355 g/mol. The van der Waals surface area contributed by atoms with Crippen molar-refractivity contribution in [3.05, 3.63) is 59.4 Å². The van der Waals surface area contributed by atoms with Crippen LogP contribution in [0.15, 0.2) is 42.6 Å². The van der Waals surface area contributed by atoms with Crippen molar-refractivity contribution in [2.75, 3.05) is 26.1 Å². The SMILES string of the molecule is COC[C@H](c1ccccn1)N(C)C(=O)CC(=O)Nc1cc(C)cc(C)c1. The number of ether oxygens (including phenoxy) is 1. The number of pyridine rings is 1. The number of nitrogens with zero attached hydrogens (tertiary/aromatic N) is 2. The fraction of sp³-hybridized carbons (Fsp3) is 0.350. The Bertz CT molecular complexity index is 742. The first-order valence-corrected chi connectivity index (χ1v) is 8.44. The highest BCUT2D eigenvalue weighted by atomic mass is 16.5. The smallest absolute Gasteiger partial charge is 0.233 e. The van der Waals surface area contributed by atoms with Crippen LogP contribution in [-0.2, 0) is 14.3 Å². The topological polar surface area (TPSA) is 71.5 Å². The molecule has 26 heavy (non-hydrogen) atoms. The highest BCUT2D eigenvalue weighted by Gasteiger charge is 2.24. The summed E-state index contributed by atoms with van der Waals surface area (Å²) in [5, 5.41) is 2.79. The number of hydrogen-bond acceptors (Lipinski definition) is 4. The molecule has 138 valence electrons. The third kappa shape index (κ3) is 5.39. The van der Waals surface area contributed by atoms with Crippen LogP contribution in [-0.4, -0.2) is 42.5 Å². The first-order valence-electron chi connectivity index (χ1n) is 8.44. The molecular weight excluding hydrogens is 330 g/mol. The molecule has 0 aliphatic rings. The van der Waals surface area contributed by atoms with Gasteiger partial charge in [-0.1, -0.05) is 12.1 Å². The minimum absolute atomic E-state index is 0.240. The fourth-order valence-corrected chi connectivity index (χ4v) is 2.81. The molecule has 2 aromatic rings.